The Morgan fingerprint density at radius 1 is 1.32 bits per heavy atom. The van der Waals surface area contributed by atoms with Crippen molar-refractivity contribution in [1.82, 2.24) is 15.6 Å². The van der Waals surface area contributed by atoms with Crippen LogP contribution >= 0.6 is 0 Å². The van der Waals surface area contributed by atoms with E-state index in [1.54, 1.807) is 18.2 Å². The fourth-order valence-corrected chi connectivity index (χ4v) is 1.36. The summed E-state index contributed by atoms with van der Waals surface area (Å²) in [7, 11) is 0. The minimum Gasteiger partial charge on any atom is -0.384 e. The van der Waals surface area contributed by atoms with E-state index in [1.807, 2.05) is 13.8 Å². The van der Waals surface area contributed by atoms with Crippen molar-refractivity contribution in [2.45, 2.75) is 20.3 Å². The highest BCUT2D eigenvalue weighted by Crippen LogP contribution is 1.99. The minimum absolute atomic E-state index is 0.0745. The van der Waals surface area contributed by atoms with Crippen molar-refractivity contribution in [3.05, 3.63) is 23.9 Å². The normalized spacial score (nSPS) is 10.3. The predicted molar refractivity (Wildman–Crippen MR) is 73.4 cm³/mol. The van der Waals surface area contributed by atoms with Crippen molar-refractivity contribution >= 4 is 17.6 Å². The third kappa shape index (κ3) is 5.85. The van der Waals surface area contributed by atoms with Gasteiger partial charge in [-0.2, -0.15) is 0 Å². The van der Waals surface area contributed by atoms with E-state index in [-0.39, 0.29) is 30.5 Å². The van der Waals surface area contributed by atoms with Crippen molar-refractivity contribution in [1.29, 1.82) is 0 Å². The Morgan fingerprint density at radius 3 is 2.68 bits per heavy atom. The molecule has 1 aromatic rings. The third-order valence-corrected chi connectivity index (χ3v) is 2.35. The first-order valence-electron chi connectivity index (χ1n) is 6.26. The number of nitrogens with zero attached hydrogens (tertiary/aromatic N) is 1. The molecule has 6 heteroatoms. The molecular formula is C13H20N4O2. The van der Waals surface area contributed by atoms with Gasteiger partial charge in [0.2, 0.25) is 5.91 Å². The van der Waals surface area contributed by atoms with Crippen molar-refractivity contribution in [2.24, 2.45) is 5.92 Å². The zero-order valence-electron chi connectivity index (χ0n) is 11.3. The van der Waals surface area contributed by atoms with Gasteiger partial charge in [0, 0.05) is 19.5 Å². The van der Waals surface area contributed by atoms with Crippen LogP contribution in [-0.4, -0.2) is 29.9 Å². The second-order valence-corrected chi connectivity index (χ2v) is 4.65. The van der Waals surface area contributed by atoms with Gasteiger partial charge in [0.1, 0.15) is 11.5 Å². The lowest BCUT2D eigenvalue weighted by molar-refractivity contribution is -0.121. The molecule has 19 heavy (non-hydrogen) atoms. The molecule has 0 aromatic carbocycles. The van der Waals surface area contributed by atoms with E-state index in [0.29, 0.717) is 18.3 Å². The van der Waals surface area contributed by atoms with E-state index in [1.165, 1.54) is 0 Å². The number of anilines is 1. The van der Waals surface area contributed by atoms with Gasteiger partial charge in [-0.25, -0.2) is 4.98 Å². The number of carbonyl (C=O) groups is 2. The average Bonchev–Trinajstić information content (AvgIpc) is 2.36. The summed E-state index contributed by atoms with van der Waals surface area (Å²) < 4.78 is 0. The molecule has 0 aliphatic rings. The first-order valence-corrected chi connectivity index (χ1v) is 6.26. The lowest BCUT2D eigenvalue weighted by Crippen LogP contribution is -2.32. The van der Waals surface area contributed by atoms with Crippen molar-refractivity contribution in [3.8, 4) is 0 Å². The number of hydrogen-bond acceptors (Lipinski definition) is 4. The van der Waals surface area contributed by atoms with E-state index >= 15 is 0 Å². The van der Waals surface area contributed by atoms with Crippen LogP contribution in [0.4, 0.5) is 5.82 Å². The van der Waals surface area contributed by atoms with Crippen molar-refractivity contribution in [2.75, 3.05) is 18.8 Å². The van der Waals surface area contributed by atoms with Crippen LogP contribution in [0.3, 0.4) is 0 Å². The number of nitrogens with two attached hydrogens (primary N) is 1. The van der Waals surface area contributed by atoms with Crippen LogP contribution in [0.2, 0.25) is 0 Å². The summed E-state index contributed by atoms with van der Waals surface area (Å²) in [4.78, 5) is 27.0. The third-order valence-electron chi connectivity index (χ3n) is 2.35. The molecule has 0 saturated heterocycles. The van der Waals surface area contributed by atoms with E-state index in [4.69, 9.17) is 5.73 Å². The molecule has 0 spiro atoms. The fraction of sp³-hybridized carbons (Fsp3) is 0.462. The van der Waals surface area contributed by atoms with Crippen molar-refractivity contribution < 1.29 is 9.59 Å². The van der Waals surface area contributed by atoms with Crippen LogP contribution in [0.25, 0.3) is 0 Å². The van der Waals surface area contributed by atoms with Gasteiger partial charge in [0.15, 0.2) is 0 Å². The number of aromatic nitrogens is 1. The molecule has 0 aliphatic carbocycles. The highest BCUT2D eigenvalue weighted by molar-refractivity contribution is 5.92. The Bertz CT molecular complexity index is 446. The highest BCUT2D eigenvalue weighted by atomic mass is 16.2. The van der Waals surface area contributed by atoms with Crippen LogP contribution < -0.4 is 16.4 Å². The average molecular weight is 264 g/mol. The predicted octanol–water partition coefficient (Wildman–Crippen LogP) is 0.556. The lowest BCUT2D eigenvalue weighted by atomic mass is 10.2. The second kappa shape index (κ2) is 7.35. The van der Waals surface area contributed by atoms with Crippen LogP contribution in [-0.2, 0) is 4.79 Å². The molecule has 0 unspecified atom stereocenters. The Labute approximate surface area is 112 Å². The molecule has 0 fully saturated rings. The Balaban J connectivity index is 2.29. The monoisotopic (exact) mass is 264 g/mol. The van der Waals surface area contributed by atoms with Crippen LogP contribution in [0, 0.1) is 5.92 Å². The van der Waals surface area contributed by atoms with Crippen LogP contribution in [0.1, 0.15) is 30.8 Å². The Morgan fingerprint density at radius 2 is 2.05 bits per heavy atom. The Hall–Kier alpha value is -2.11. The number of carbonyl (C=O) groups excluding carboxylic acids is 2. The molecule has 0 radical (unpaired) electrons. The number of amides is 2. The summed E-state index contributed by atoms with van der Waals surface area (Å²) in [5.41, 5.74) is 5.74. The smallest absolute Gasteiger partial charge is 0.269 e. The number of pyridine rings is 1. The maximum atomic E-state index is 11.7. The van der Waals surface area contributed by atoms with Gasteiger partial charge in [-0.1, -0.05) is 19.9 Å². The van der Waals surface area contributed by atoms with E-state index in [2.05, 4.69) is 15.6 Å². The van der Waals surface area contributed by atoms with Crippen LogP contribution in [0.15, 0.2) is 18.2 Å². The molecule has 2 amide bonds. The number of nitrogen functional groups attached to an aromatic ring is 1. The quantitative estimate of drug-likeness (QED) is 0.699. The molecule has 0 saturated carbocycles. The minimum atomic E-state index is -0.330. The summed E-state index contributed by atoms with van der Waals surface area (Å²) in [6.07, 6.45) is 0.251. The number of hydrogen-bond donors (Lipinski definition) is 3. The molecule has 1 heterocycles. The SMILES string of the molecule is CC(C)CNC(=O)CCNC(=O)c1cccc(N)n1. The first kappa shape index (κ1) is 14.9. The van der Waals surface area contributed by atoms with E-state index in [9.17, 15) is 9.59 Å². The zero-order valence-corrected chi connectivity index (χ0v) is 11.3. The molecule has 1 aromatic heterocycles. The summed E-state index contributed by atoms with van der Waals surface area (Å²) in [6.45, 7) is 4.96. The molecule has 0 bridgehead atoms. The highest BCUT2D eigenvalue weighted by Gasteiger charge is 2.08. The number of rotatable bonds is 6. The largest absolute Gasteiger partial charge is 0.384 e. The number of nitrogens with one attached hydrogen (secondary N) is 2. The van der Waals surface area contributed by atoms with Crippen molar-refractivity contribution in [3.63, 3.8) is 0 Å². The van der Waals surface area contributed by atoms with E-state index < -0.39 is 0 Å². The summed E-state index contributed by atoms with van der Waals surface area (Å²) >= 11 is 0. The molecule has 1 rings (SSSR count). The van der Waals surface area contributed by atoms with Crippen LogP contribution in [0.5, 0.6) is 0 Å². The maximum Gasteiger partial charge on any atom is 0.269 e. The standard InChI is InChI=1S/C13H20N4O2/c1-9(2)8-16-12(18)6-7-15-13(19)10-4-3-5-11(14)17-10/h3-5,9H,6-8H2,1-2H3,(H2,14,17)(H,15,19)(H,16,18). The topological polar surface area (TPSA) is 97.1 Å². The summed E-state index contributed by atoms with van der Waals surface area (Å²) in [5.74, 6) is 0.302. The lowest BCUT2D eigenvalue weighted by Gasteiger charge is -2.08. The first-order chi connectivity index (χ1) is 8.99. The van der Waals surface area contributed by atoms with E-state index in [0.717, 1.165) is 0 Å². The van der Waals surface area contributed by atoms with Gasteiger partial charge in [0.25, 0.3) is 5.91 Å². The maximum absolute atomic E-state index is 11.7. The molecule has 6 nitrogen and oxygen atoms in total. The van der Waals surface area contributed by atoms with Gasteiger partial charge in [-0.15, -0.1) is 0 Å². The van der Waals surface area contributed by atoms with Gasteiger partial charge in [0.05, 0.1) is 0 Å². The second-order valence-electron chi connectivity index (χ2n) is 4.65. The van der Waals surface area contributed by atoms with Gasteiger partial charge < -0.3 is 16.4 Å². The van der Waals surface area contributed by atoms with Gasteiger partial charge in [-0.05, 0) is 18.1 Å². The summed E-state index contributed by atoms with van der Waals surface area (Å²) in [6, 6.07) is 4.84. The van der Waals surface area contributed by atoms with Gasteiger partial charge in [-0.3, -0.25) is 9.59 Å². The molecule has 4 N–H and O–H groups in total. The molecular weight excluding hydrogens is 244 g/mol. The Kier molecular flexibility index (Phi) is 5.78. The molecule has 0 atom stereocenters. The summed E-state index contributed by atoms with van der Waals surface area (Å²) in [5, 5.41) is 5.41. The molecule has 104 valence electrons. The fourth-order valence-electron chi connectivity index (χ4n) is 1.36. The molecule has 0 aliphatic heterocycles. The zero-order chi connectivity index (χ0) is 14.3. The van der Waals surface area contributed by atoms with Gasteiger partial charge >= 0.3 is 0 Å².